The Kier molecular flexibility index (Phi) is 4.59. The third-order valence-corrected chi connectivity index (χ3v) is 2.99. The van der Waals surface area contributed by atoms with Gasteiger partial charge in [-0.05, 0) is 50.0 Å². The van der Waals surface area contributed by atoms with Gasteiger partial charge < -0.3 is 15.6 Å². The summed E-state index contributed by atoms with van der Waals surface area (Å²) < 4.78 is 2.32. The third kappa shape index (κ3) is 3.32. The Bertz CT molecular complexity index is 447. The Morgan fingerprint density at radius 2 is 1.88 bits per heavy atom. The predicted molar refractivity (Wildman–Crippen MR) is 73.1 cm³/mol. The zero-order valence-corrected chi connectivity index (χ0v) is 10.2. The number of hydrogen-bond acceptors (Lipinski definition) is 2. The molecule has 17 heavy (non-hydrogen) atoms. The van der Waals surface area contributed by atoms with E-state index in [1.807, 2.05) is 0 Å². The van der Waals surface area contributed by atoms with Crippen LogP contribution in [0.2, 0.25) is 0 Å². The first kappa shape index (κ1) is 12.1. The van der Waals surface area contributed by atoms with Gasteiger partial charge in [0, 0.05) is 18.3 Å². The monoisotopic (exact) mass is 231 g/mol. The van der Waals surface area contributed by atoms with E-state index in [-0.39, 0.29) is 0 Å². The van der Waals surface area contributed by atoms with Crippen LogP contribution in [0.3, 0.4) is 0 Å². The molecule has 0 aliphatic rings. The van der Waals surface area contributed by atoms with Gasteiger partial charge in [0.15, 0.2) is 0 Å². The molecule has 2 aromatic rings. The minimum atomic E-state index is 0.773. The van der Waals surface area contributed by atoms with Crippen LogP contribution >= 0.6 is 0 Å². The molecule has 0 bridgehead atoms. The molecule has 3 heteroatoms. The van der Waals surface area contributed by atoms with E-state index in [9.17, 15) is 0 Å². The zero-order valence-electron chi connectivity index (χ0n) is 10.2. The van der Waals surface area contributed by atoms with Crippen LogP contribution in [0, 0.1) is 0 Å². The lowest BCUT2D eigenvalue weighted by molar-refractivity contribution is 0.581. The van der Waals surface area contributed by atoms with Crippen molar-refractivity contribution in [1.82, 2.24) is 9.88 Å². The molecule has 0 spiro atoms. The van der Waals surface area contributed by atoms with E-state index in [1.165, 1.54) is 10.9 Å². The predicted octanol–water partition coefficient (Wildman–Crippen LogP) is 1.97. The molecule has 0 radical (unpaired) electrons. The van der Waals surface area contributed by atoms with Gasteiger partial charge >= 0.3 is 0 Å². The number of para-hydroxylation sites is 1. The Balaban J connectivity index is 1.79. The number of aromatic nitrogens is 1. The van der Waals surface area contributed by atoms with Crippen LogP contribution in [0.1, 0.15) is 12.8 Å². The lowest BCUT2D eigenvalue weighted by atomic mass is 10.2. The largest absolute Gasteiger partial charge is 0.347 e. The molecule has 3 N–H and O–H groups in total. The highest BCUT2D eigenvalue weighted by Crippen LogP contribution is 2.14. The van der Waals surface area contributed by atoms with Gasteiger partial charge in [0.05, 0.1) is 0 Å². The summed E-state index contributed by atoms with van der Waals surface area (Å²) in [6.07, 6.45) is 4.39. The summed E-state index contributed by atoms with van der Waals surface area (Å²) in [6.45, 7) is 3.94. The maximum absolute atomic E-state index is 5.44. The van der Waals surface area contributed by atoms with Gasteiger partial charge in [-0.25, -0.2) is 0 Å². The van der Waals surface area contributed by atoms with Crippen molar-refractivity contribution >= 4 is 10.9 Å². The van der Waals surface area contributed by atoms with Crippen LogP contribution in [0.15, 0.2) is 36.5 Å². The summed E-state index contributed by atoms with van der Waals surface area (Å²) in [5.41, 5.74) is 6.77. The van der Waals surface area contributed by atoms with Gasteiger partial charge in [-0.1, -0.05) is 18.2 Å². The van der Waals surface area contributed by atoms with Crippen LogP contribution < -0.4 is 11.1 Å². The van der Waals surface area contributed by atoms with Crippen molar-refractivity contribution in [3.8, 4) is 0 Å². The number of benzene rings is 1. The summed E-state index contributed by atoms with van der Waals surface area (Å²) in [5, 5.41) is 4.73. The van der Waals surface area contributed by atoms with Crippen molar-refractivity contribution in [2.75, 3.05) is 19.6 Å². The summed E-state index contributed by atoms with van der Waals surface area (Å²) in [5.74, 6) is 0. The van der Waals surface area contributed by atoms with E-state index >= 15 is 0 Å². The van der Waals surface area contributed by atoms with Crippen molar-refractivity contribution < 1.29 is 0 Å². The normalized spacial score (nSPS) is 11.1. The molecule has 2 rings (SSSR count). The van der Waals surface area contributed by atoms with Crippen molar-refractivity contribution in [3.05, 3.63) is 36.5 Å². The maximum atomic E-state index is 5.44. The number of nitrogens with one attached hydrogen (secondary N) is 1. The molecule has 0 saturated heterocycles. The van der Waals surface area contributed by atoms with E-state index in [2.05, 4.69) is 46.4 Å². The Hall–Kier alpha value is -1.32. The highest BCUT2D eigenvalue weighted by molar-refractivity contribution is 5.79. The molecule has 1 heterocycles. The molecule has 0 unspecified atom stereocenters. The van der Waals surface area contributed by atoms with Crippen LogP contribution in [0.5, 0.6) is 0 Å². The van der Waals surface area contributed by atoms with Crippen molar-refractivity contribution in [2.24, 2.45) is 5.73 Å². The number of hydrogen-bond donors (Lipinski definition) is 2. The number of rotatable bonds is 7. The Morgan fingerprint density at radius 1 is 1.06 bits per heavy atom. The number of aryl methyl sites for hydroxylation is 1. The third-order valence-electron chi connectivity index (χ3n) is 2.99. The minimum absolute atomic E-state index is 0.773. The smallest absolute Gasteiger partial charge is 0.0480 e. The minimum Gasteiger partial charge on any atom is -0.347 e. The summed E-state index contributed by atoms with van der Waals surface area (Å²) in [7, 11) is 0. The van der Waals surface area contributed by atoms with Crippen molar-refractivity contribution in [1.29, 1.82) is 0 Å². The van der Waals surface area contributed by atoms with Gasteiger partial charge in [-0.15, -0.1) is 0 Å². The molecule has 0 saturated carbocycles. The standard InChI is InChI=1S/C14H21N3/c15-8-3-9-16-10-4-11-17-12-7-13-5-1-2-6-14(13)17/h1-2,5-7,12,16H,3-4,8-11,15H2. The molecule has 0 aliphatic carbocycles. The van der Waals surface area contributed by atoms with E-state index in [4.69, 9.17) is 5.73 Å². The molecule has 0 fully saturated rings. The van der Waals surface area contributed by atoms with E-state index in [0.717, 1.165) is 39.0 Å². The van der Waals surface area contributed by atoms with Gasteiger partial charge in [0.25, 0.3) is 0 Å². The second-order valence-corrected chi connectivity index (χ2v) is 4.31. The topological polar surface area (TPSA) is 43.0 Å². The van der Waals surface area contributed by atoms with Crippen LogP contribution in [-0.2, 0) is 6.54 Å². The number of nitrogens with two attached hydrogens (primary N) is 1. The fourth-order valence-corrected chi connectivity index (χ4v) is 2.06. The molecule has 3 nitrogen and oxygen atoms in total. The first-order chi connectivity index (χ1) is 8.42. The average molecular weight is 231 g/mol. The lowest BCUT2D eigenvalue weighted by Gasteiger charge is -2.06. The van der Waals surface area contributed by atoms with Gasteiger partial charge in [0.2, 0.25) is 0 Å². The molecule has 1 aromatic heterocycles. The molecule has 92 valence electrons. The van der Waals surface area contributed by atoms with E-state index in [0.29, 0.717) is 0 Å². The Labute approximate surface area is 103 Å². The fourth-order valence-electron chi connectivity index (χ4n) is 2.06. The lowest BCUT2D eigenvalue weighted by Crippen LogP contribution is -2.20. The first-order valence-corrected chi connectivity index (χ1v) is 6.36. The van der Waals surface area contributed by atoms with E-state index < -0.39 is 0 Å². The maximum Gasteiger partial charge on any atom is 0.0480 e. The van der Waals surface area contributed by atoms with Gasteiger partial charge in [0.1, 0.15) is 0 Å². The van der Waals surface area contributed by atoms with Crippen LogP contribution in [-0.4, -0.2) is 24.2 Å². The van der Waals surface area contributed by atoms with Crippen LogP contribution in [0.4, 0.5) is 0 Å². The summed E-state index contributed by atoms with van der Waals surface area (Å²) in [4.78, 5) is 0. The first-order valence-electron chi connectivity index (χ1n) is 6.36. The average Bonchev–Trinajstić information content (AvgIpc) is 2.77. The van der Waals surface area contributed by atoms with Crippen LogP contribution in [0.25, 0.3) is 10.9 Å². The van der Waals surface area contributed by atoms with E-state index in [1.54, 1.807) is 0 Å². The van der Waals surface area contributed by atoms with Gasteiger partial charge in [-0.2, -0.15) is 0 Å². The SMILES string of the molecule is NCCCNCCCn1ccc2ccccc21. The molecule has 0 amide bonds. The van der Waals surface area contributed by atoms with Gasteiger partial charge in [-0.3, -0.25) is 0 Å². The number of nitrogens with zero attached hydrogens (tertiary/aromatic N) is 1. The summed E-state index contributed by atoms with van der Waals surface area (Å²) in [6, 6.07) is 10.7. The highest BCUT2D eigenvalue weighted by atomic mass is 15.0. The fraction of sp³-hybridized carbons (Fsp3) is 0.429. The second kappa shape index (κ2) is 6.42. The summed E-state index contributed by atoms with van der Waals surface area (Å²) >= 11 is 0. The zero-order chi connectivity index (χ0) is 11.9. The Morgan fingerprint density at radius 3 is 2.76 bits per heavy atom. The second-order valence-electron chi connectivity index (χ2n) is 4.31. The molecular weight excluding hydrogens is 210 g/mol. The van der Waals surface area contributed by atoms with Crippen molar-refractivity contribution in [3.63, 3.8) is 0 Å². The number of fused-ring (bicyclic) bond motifs is 1. The van der Waals surface area contributed by atoms with Crippen molar-refractivity contribution in [2.45, 2.75) is 19.4 Å². The molecule has 1 aromatic carbocycles. The molecule has 0 aliphatic heterocycles. The molecule has 0 atom stereocenters. The quantitative estimate of drug-likeness (QED) is 0.715. The molecular formula is C14H21N3. The highest BCUT2D eigenvalue weighted by Gasteiger charge is 1.98.